The average molecular weight is 227 g/mol. The smallest absolute Gasteiger partial charge is 0.133 e. The minimum absolute atomic E-state index is 0.461. The Kier molecular flexibility index (Phi) is 1.87. The molecule has 1 aromatic carbocycles. The first-order chi connectivity index (χ1) is 5.70. The van der Waals surface area contributed by atoms with Gasteiger partial charge in [0.1, 0.15) is 5.75 Å². The summed E-state index contributed by atoms with van der Waals surface area (Å²) in [4.78, 5) is 0. The number of phenolic OH excluding ortho intramolecular Hbond substituents is 1. The van der Waals surface area contributed by atoms with Gasteiger partial charge >= 0.3 is 0 Å². The normalized spacial score (nSPS) is 14.8. The quantitative estimate of drug-likeness (QED) is 0.722. The number of halogens is 1. The molecular weight excluding hydrogens is 216 g/mol. The molecule has 2 rings (SSSR count). The molecule has 64 valence electrons. The number of phenols is 1. The standard InChI is InChI=1S/C10H11BrO/c1-6-5-7-3-2-4-8(7)10(12)9(6)11/h5,12H,2-4H2,1H3. The molecule has 0 heterocycles. The van der Waals surface area contributed by atoms with Crippen LogP contribution in [0.1, 0.15) is 23.1 Å². The third-order valence-corrected chi connectivity index (χ3v) is 3.49. The second-order valence-electron chi connectivity index (χ2n) is 3.35. The van der Waals surface area contributed by atoms with E-state index in [1.165, 1.54) is 12.0 Å². The van der Waals surface area contributed by atoms with E-state index in [0.717, 1.165) is 28.4 Å². The van der Waals surface area contributed by atoms with Crippen molar-refractivity contribution >= 4 is 15.9 Å². The van der Waals surface area contributed by atoms with Crippen LogP contribution in [0.25, 0.3) is 0 Å². The van der Waals surface area contributed by atoms with Gasteiger partial charge in [-0.05, 0) is 58.8 Å². The van der Waals surface area contributed by atoms with E-state index in [1.807, 2.05) is 6.92 Å². The van der Waals surface area contributed by atoms with Gasteiger partial charge in [-0.3, -0.25) is 0 Å². The van der Waals surface area contributed by atoms with E-state index in [9.17, 15) is 5.11 Å². The predicted octanol–water partition coefficient (Wildman–Crippen LogP) is 2.95. The number of rotatable bonds is 0. The Labute approximate surface area is 80.5 Å². The first-order valence-corrected chi connectivity index (χ1v) is 4.99. The summed E-state index contributed by atoms with van der Waals surface area (Å²) in [7, 11) is 0. The molecule has 0 unspecified atom stereocenters. The Morgan fingerprint density at radius 2 is 2.17 bits per heavy atom. The molecule has 0 aromatic heterocycles. The lowest BCUT2D eigenvalue weighted by Gasteiger charge is -2.07. The van der Waals surface area contributed by atoms with Crippen LogP contribution < -0.4 is 0 Å². The average Bonchev–Trinajstić information content (AvgIpc) is 2.48. The maximum atomic E-state index is 9.75. The Hall–Kier alpha value is -0.500. The highest BCUT2D eigenvalue weighted by molar-refractivity contribution is 9.10. The molecule has 0 spiro atoms. The molecule has 12 heavy (non-hydrogen) atoms. The molecule has 1 aliphatic carbocycles. The molecular formula is C10H11BrO. The number of aromatic hydroxyl groups is 1. The van der Waals surface area contributed by atoms with E-state index in [-0.39, 0.29) is 0 Å². The summed E-state index contributed by atoms with van der Waals surface area (Å²) in [5.41, 5.74) is 3.61. The molecule has 1 aliphatic rings. The van der Waals surface area contributed by atoms with Crippen LogP contribution in [0.3, 0.4) is 0 Å². The van der Waals surface area contributed by atoms with Crippen LogP contribution in [0.4, 0.5) is 0 Å². The number of hydrogen-bond acceptors (Lipinski definition) is 1. The van der Waals surface area contributed by atoms with Gasteiger partial charge in [0.05, 0.1) is 4.47 Å². The molecule has 1 nitrogen and oxygen atoms in total. The van der Waals surface area contributed by atoms with Crippen molar-refractivity contribution in [2.75, 3.05) is 0 Å². The van der Waals surface area contributed by atoms with Crippen molar-refractivity contribution in [2.24, 2.45) is 0 Å². The fraction of sp³-hybridized carbons (Fsp3) is 0.400. The van der Waals surface area contributed by atoms with Gasteiger partial charge in [-0.15, -0.1) is 0 Å². The Bertz CT molecular complexity index is 331. The maximum absolute atomic E-state index is 9.75. The van der Waals surface area contributed by atoms with Crippen LogP contribution in [0.5, 0.6) is 5.75 Å². The molecule has 0 bridgehead atoms. The van der Waals surface area contributed by atoms with E-state index in [0.29, 0.717) is 5.75 Å². The Morgan fingerprint density at radius 3 is 2.92 bits per heavy atom. The number of benzene rings is 1. The van der Waals surface area contributed by atoms with Gasteiger partial charge in [0.15, 0.2) is 0 Å². The third kappa shape index (κ3) is 1.06. The third-order valence-electron chi connectivity index (χ3n) is 2.49. The second kappa shape index (κ2) is 2.77. The van der Waals surface area contributed by atoms with Gasteiger partial charge < -0.3 is 5.11 Å². The highest BCUT2D eigenvalue weighted by atomic mass is 79.9. The van der Waals surface area contributed by atoms with Crippen molar-refractivity contribution < 1.29 is 5.11 Å². The van der Waals surface area contributed by atoms with Crippen molar-refractivity contribution in [1.29, 1.82) is 0 Å². The molecule has 0 saturated heterocycles. The van der Waals surface area contributed by atoms with Crippen LogP contribution in [0.2, 0.25) is 0 Å². The molecule has 1 aromatic rings. The molecule has 0 radical (unpaired) electrons. The minimum atomic E-state index is 0.461. The van der Waals surface area contributed by atoms with E-state index in [4.69, 9.17) is 0 Å². The molecule has 0 amide bonds. The van der Waals surface area contributed by atoms with Gasteiger partial charge in [0.2, 0.25) is 0 Å². The maximum Gasteiger partial charge on any atom is 0.133 e. The van der Waals surface area contributed by atoms with E-state index < -0.39 is 0 Å². The largest absolute Gasteiger partial charge is 0.506 e. The number of hydrogen-bond donors (Lipinski definition) is 1. The predicted molar refractivity (Wildman–Crippen MR) is 52.6 cm³/mol. The Balaban J connectivity index is 2.67. The van der Waals surface area contributed by atoms with Gasteiger partial charge in [-0.2, -0.15) is 0 Å². The lowest BCUT2D eigenvalue weighted by atomic mass is 10.1. The second-order valence-corrected chi connectivity index (χ2v) is 4.14. The van der Waals surface area contributed by atoms with Crippen LogP contribution in [-0.4, -0.2) is 5.11 Å². The summed E-state index contributed by atoms with van der Waals surface area (Å²) in [5, 5.41) is 9.75. The van der Waals surface area contributed by atoms with Gasteiger partial charge in [-0.1, -0.05) is 6.07 Å². The lowest BCUT2D eigenvalue weighted by molar-refractivity contribution is 0.465. The van der Waals surface area contributed by atoms with Crippen LogP contribution in [-0.2, 0) is 12.8 Å². The Morgan fingerprint density at radius 1 is 1.42 bits per heavy atom. The molecule has 0 saturated carbocycles. The van der Waals surface area contributed by atoms with Crippen LogP contribution in [0.15, 0.2) is 10.5 Å². The van der Waals surface area contributed by atoms with E-state index >= 15 is 0 Å². The highest BCUT2D eigenvalue weighted by Gasteiger charge is 2.17. The molecule has 0 aliphatic heterocycles. The van der Waals surface area contributed by atoms with Crippen molar-refractivity contribution in [2.45, 2.75) is 26.2 Å². The van der Waals surface area contributed by atoms with Crippen molar-refractivity contribution in [3.8, 4) is 5.75 Å². The van der Waals surface area contributed by atoms with Crippen LogP contribution >= 0.6 is 15.9 Å². The summed E-state index contributed by atoms with van der Waals surface area (Å²) in [6, 6.07) is 2.17. The molecule has 0 fully saturated rings. The van der Waals surface area contributed by atoms with Gasteiger partial charge in [0, 0.05) is 0 Å². The summed E-state index contributed by atoms with van der Waals surface area (Å²) >= 11 is 3.38. The fourth-order valence-electron chi connectivity index (χ4n) is 1.84. The molecule has 0 atom stereocenters. The summed E-state index contributed by atoms with van der Waals surface area (Å²) in [5.74, 6) is 0.461. The lowest BCUT2D eigenvalue weighted by Crippen LogP contribution is -1.87. The molecule has 1 N–H and O–H groups in total. The summed E-state index contributed by atoms with van der Waals surface area (Å²) < 4.78 is 0.864. The fourth-order valence-corrected chi connectivity index (χ4v) is 2.19. The van der Waals surface area contributed by atoms with Gasteiger partial charge in [-0.25, -0.2) is 0 Å². The first kappa shape index (κ1) is 8.11. The van der Waals surface area contributed by atoms with Crippen molar-refractivity contribution in [1.82, 2.24) is 0 Å². The van der Waals surface area contributed by atoms with E-state index in [2.05, 4.69) is 22.0 Å². The minimum Gasteiger partial charge on any atom is -0.506 e. The highest BCUT2D eigenvalue weighted by Crippen LogP contribution is 2.37. The zero-order valence-electron chi connectivity index (χ0n) is 7.02. The van der Waals surface area contributed by atoms with Crippen LogP contribution in [0, 0.1) is 6.92 Å². The molecule has 2 heteroatoms. The summed E-state index contributed by atoms with van der Waals surface area (Å²) in [6.45, 7) is 2.02. The van der Waals surface area contributed by atoms with Crippen molar-refractivity contribution in [3.63, 3.8) is 0 Å². The first-order valence-electron chi connectivity index (χ1n) is 4.20. The number of fused-ring (bicyclic) bond motifs is 1. The summed E-state index contributed by atoms with van der Waals surface area (Å²) in [6.07, 6.45) is 3.33. The zero-order valence-corrected chi connectivity index (χ0v) is 8.61. The monoisotopic (exact) mass is 226 g/mol. The van der Waals surface area contributed by atoms with E-state index in [1.54, 1.807) is 0 Å². The number of aryl methyl sites for hydroxylation is 2. The van der Waals surface area contributed by atoms with Crippen molar-refractivity contribution in [3.05, 3.63) is 27.2 Å². The topological polar surface area (TPSA) is 20.2 Å². The SMILES string of the molecule is Cc1cc2c(c(O)c1Br)CCC2. The zero-order chi connectivity index (χ0) is 8.72. The van der Waals surface area contributed by atoms with Gasteiger partial charge in [0.25, 0.3) is 0 Å².